The summed E-state index contributed by atoms with van der Waals surface area (Å²) in [5, 5.41) is 8.97. The summed E-state index contributed by atoms with van der Waals surface area (Å²) in [6.07, 6.45) is 3.98. The molecule has 0 spiro atoms. The van der Waals surface area contributed by atoms with Gasteiger partial charge in [0.05, 0.1) is 27.9 Å². The van der Waals surface area contributed by atoms with Crippen molar-refractivity contribution < 1.29 is 23.5 Å². The molecule has 1 aliphatic heterocycles. The Hall–Kier alpha value is -3.18. The molecule has 1 unspecified atom stereocenters. The Balaban J connectivity index is 1.93. The topological polar surface area (TPSA) is 136 Å². The molecule has 34 heavy (non-hydrogen) atoms. The third-order valence-electron chi connectivity index (χ3n) is 6.19. The minimum atomic E-state index is -1.48. The van der Waals surface area contributed by atoms with E-state index in [9.17, 15) is 14.7 Å². The number of nitrogen functional groups attached to an aromatic ring is 1. The van der Waals surface area contributed by atoms with Crippen LogP contribution in [0.1, 0.15) is 56.9 Å². The maximum atomic E-state index is 16.0. The molecule has 2 aliphatic rings. The van der Waals surface area contributed by atoms with E-state index in [1.165, 1.54) is 15.7 Å². The van der Waals surface area contributed by atoms with Crippen LogP contribution in [0.15, 0.2) is 22.9 Å². The predicted molar refractivity (Wildman–Crippen MR) is 124 cm³/mol. The Bertz CT molecular complexity index is 1280. The fourth-order valence-electron chi connectivity index (χ4n) is 4.09. The third kappa shape index (κ3) is 3.88. The number of carbonyl (C=O) groups is 1. The summed E-state index contributed by atoms with van der Waals surface area (Å²) in [6, 6.07) is -0.200. The lowest BCUT2D eigenvalue weighted by atomic mass is 9.89. The summed E-state index contributed by atoms with van der Waals surface area (Å²) in [5.74, 6) is -3.61. The van der Waals surface area contributed by atoms with Gasteiger partial charge in [0.1, 0.15) is 11.3 Å². The van der Waals surface area contributed by atoms with Crippen LogP contribution in [0.25, 0.3) is 10.9 Å². The smallest absolute Gasteiger partial charge is 0.341 e. The number of halogens is 2. The number of hydrogen-bond acceptors (Lipinski definition) is 7. The average Bonchev–Trinajstić information content (AvgIpc) is 3.53. The SMILES string of the molecule is CC(C)(C)ONC1=CN(c2c(F)c(N)c3c(=O)c(C(=O)O)cn(C4CC4)c3c2F)CC1(C)CN. The number of anilines is 2. The molecule has 1 saturated carbocycles. The van der Waals surface area contributed by atoms with Crippen molar-refractivity contribution in [2.45, 2.75) is 52.2 Å². The number of carboxylic acid groups (broad SMARTS) is 1. The number of benzene rings is 1. The molecule has 0 amide bonds. The molecule has 0 radical (unpaired) electrons. The van der Waals surface area contributed by atoms with Crippen molar-refractivity contribution in [2.75, 3.05) is 23.7 Å². The lowest BCUT2D eigenvalue weighted by Gasteiger charge is -2.30. The van der Waals surface area contributed by atoms with Crippen LogP contribution in [-0.4, -0.2) is 34.3 Å². The first kappa shape index (κ1) is 24.0. The van der Waals surface area contributed by atoms with E-state index in [1.807, 2.05) is 27.7 Å². The van der Waals surface area contributed by atoms with Gasteiger partial charge in [-0.15, -0.1) is 0 Å². The molecular weight excluding hydrogens is 448 g/mol. The number of fused-ring (bicyclic) bond motifs is 1. The Morgan fingerprint density at radius 1 is 1.32 bits per heavy atom. The van der Waals surface area contributed by atoms with Gasteiger partial charge in [-0.1, -0.05) is 6.92 Å². The highest BCUT2D eigenvalue weighted by Gasteiger charge is 2.40. The Morgan fingerprint density at radius 2 is 1.97 bits per heavy atom. The number of nitrogens with two attached hydrogens (primary N) is 2. The van der Waals surface area contributed by atoms with Crippen molar-refractivity contribution in [3.63, 3.8) is 0 Å². The number of aromatic nitrogens is 1. The van der Waals surface area contributed by atoms with Gasteiger partial charge in [0.15, 0.2) is 11.6 Å². The summed E-state index contributed by atoms with van der Waals surface area (Å²) < 4.78 is 33.0. The first-order valence-corrected chi connectivity index (χ1v) is 11.0. The zero-order chi connectivity index (χ0) is 25.2. The normalized spacial score (nSPS) is 20.7. The largest absolute Gasteiger partial charge is 0.477 e. The van der Waals surface area contributed by atoms with Crippen LogP contribution >= 0.6 is 0 Å². The summed E-state index contributed by atoms with van der Waals surface area (Å²) >= 11 is 0. The molecule has 0 bridgehead atoms. The van der Waals surface area contributed by atoms with Gasteiger partial charge in [0, 0.05) is 36.9 Å². The highest BCUT2D eigenvalue weighted by molar-refractivity contribution is 6.00. The second-order valence-electron chi connectivity index (χ2n) is 10.2. The molecule has 1 aliphatic carbocycles. The minimum absolute atomic E-state index is 0.124. The van der Waals surface area contributed by atoms with Gasteiger partial charge in [-0.3, -0.25) is 15.1 Å². The Labute approximate surface area is 194 Å². The molecule has 6 N–H and O–H groups in total. The van der Waals surface area contributed by atoms with Crippen LogP contribution in [0.5, 0.6) is 0 Å². The van der Waals surface area contributed by atoms with Gasteiger partial charge in [-0.2, -0.15) is 0 Å². The molecule has 1 fully saturated rings. The van der Waals surface area contributed by atoms with Crippen molar-refractivity contribution in [3.8, 4) is 0 Å². The van der Waals surface area contributed by atoms with Crippen LogP contribution in [0.4, 0.5) is 20.2 Å². The summed E-state index contributed by atoms with van der Waals surface area (Å²) in [7, 11) is 0. The fraction of sp³-hybridized carbons (Fsp3) is 0.478. The van der Waals surface area contributed by atoms with E-state index >= 15 is 8.78 Å². The lowest BCUT2D eigenvalue weighted by molar-refractivity contribution is -0.0640. The van der Waals surface area contributed by atoms with Crippen molar-refractivity contribution in [3.05, 3.63) is 45.5 Å². The maximum Gasteiger partial charge on any atom is 0.341 e. The third-order valence-corrected chi connectivity index (χ3v) is 6.19. The quantitative estimate of drug-likeness (QED) is 0.368. The Kier molecular flexibility index (Phi) is 5.60. The molecule has 184 valence electrons. The van der Waals surface area contributed by atoms with E-state index in [4.69, 9.17) is 16.3 Å². The van der Waals surface area contributed by atoms with Crippen molar-refractivity contribution in [1.82, 2.24) is 10.0 Å². The molecule has 0 saturated heterocycles. The summed E-state index contributed by atoms with van der Waals surface area (Å²) in [6.45, 7) is 7.66. The highest BCUT2D eigenvalue weighted by Crippen LogP contribution is 2.44. The van der Waals surface area contributed by atoms with Gasteiger partial charge in [0.2, 0.25) is 5.43 Å². The van der Waals surface area contributed by atoms with E-state index in [2.05, 4.69) is 5.48 Å². The fourth-order valence-corrected chi connectivity index (χ4v) is 4.09. The number of nitrogens with one attached hydrogen (secondary N) is 1. The number of pyridine rings is 1. The number of hydrogen-bond donors (Lipinski definition) is 4. The molecule has 1 atom stereocenters. The lowest BCUT2D eigenvalue weighted by Crippen LogP contribution is -2.40. The van der Waals surface area contributed by atoms with Crippen LogP contribution in [-0.2, 0) is 4.84 Å². The van der Waals surface area contributed by atoms with E-state index in [1.54, 1.807) is 0 Å². The molecule has 4 rings (SSSR count). The minimum Gasteiger partial charge on any atom is -0.477 e. The molecule has 2 aromatic rings. The van der Waals surface area contributed by atoms with Gasteiger partial charge in [-0.25, -0.2) is 13.6 Å². The van der Waals surface area contributed by atoms with Crippen LogP contribution in [0, 0.1) is 17.0 Å². The summed E-state index contributed by atoms with van der Waals surface area (Å²) in [5.41, 5.74) is 11.3. The average molecular weight is 478 g/mol. The first-order valence-electron chi connectivity index (χ1n) is 11.0. The standard InChI is InChI=1S/C23H29F2N5O4/c1-22(2,3)34-28-13-8-29(10-23(13,4)9-26)19-15(24)17(27)14-18(16(19)25)30(11-5-6-11)7-12(20(14)31)21(32)33/h7-8,11,28H,5-6,9-10,26-27H2,1-4H3,(H,32,33). The monoisotopic (exact) mass is 477 g/mol. The predicted octanol–water partition coefficient (Wildman–Crippen LogP) is 2.84. The van der Waals surface area contributed by atoms with Crippen LogP contribution in [0.3, 0.4) is 0 Å². The molecule has 1 aromatic heterocycles. The van der Waals surface area contributed by atoms with E-state index < -0.39 is 56.4 Å². The number of hydroxylamine groups is 1. The van der Waals surface area contributed by atoms with E-state index in [-0.39, 0.29) is 24.6 Å². The number of nitrogens with zero attached hydrogens (tertiary/aromatic N) is 2. The number of aromatic carboxylic acids is 1. The number of carboxylic acids is 1. The molecule has 1 aromatic carbocycles. The van der Waals surface area contributed by atoms with Gasteiger partial charge < -0.3 is 26.0 Å². The van der Waals surface area contributed by atoms with Crippen LogP contribution in [0.2, 0.25) is 0 Å². The second-order valence-corrected chi connectivity index (χ2v) is 10.2. The highest BCUT2D eigenvalue weighted by atomic mass is 19.1. The first-order chi connectivity index (χ1) is 15.8. The summed E-state index contributed by atoms with van der Waals surface area (Å²) in [4.78, 5) is 31.4. The van der Waals surface area contributed by atoms with Crippen molar-refractivity contribution >= 4 is 28.2 Å². The van der Waals surface area contributed by atoms with Crippen molar-refractivity contribution in [2.24, 2.45) is 11.1 Å². The van der Waals surface area contributed by atoms with Gasteiger partial charge >= 0.3 is 5.97 Å². The molecule has 9 nitrogen and oxygen atoms in total. The van der Waals surface area contributed by atoms with Crippen molar-refractivity contribution in [1.29, 1.82) is 0 Å². The zero-order valence-corrected chi connectivity index (χ0v) is 19.5. The van der Waals surface area contributed by atoms with E-state index in [0.717, 1.165) is 6.20 Å². The molecular formula is C23H29F2N5O4. The molecule has 2 heterocycles. The second kappa shape index (κ2) is 7.95. The van der Waals surface area contributed by atoms with E-state index in [0.29, 0.717) is 18.5 Å². The molecule has 11 heteroatoms. The maximum absolute atomic E-state index is 16.0. The zero-order valence-electron chi connectivity index (χ0n) is 19.5. The van der Waals surface area contributed by atoms with Crippen LogP contribution < -0.4 is 27.3 Å². The number of rotatable bonds is 6. The Morgan fingerprint density at radius 3 is 2.50 bits per heavy atom. The van der Waals surface area contributed by atoms with Gasteiger partial charge in [-0.05, 0) is 33.6 Å². The van der Waals surface area contributed by atoms with Gasteiger partial charge in [0.25, 0.3) is 0 Å².